The Morgan fingerprint density at radius 2 is 1.75 bits per heavy atom. The first kappa shape index (κ1) is 18.6. The summed E-state index contributed by atoms with van der Waals surface area (Å²) in [6.07, 6.45) is -1.29. The highest BCUT2D eigenvalue weighted by atomic mass is 19.3. The highest BCUT2D eigenvalue weighted by Crippen LogP contribution is 2.69. The van der Waals surface area contributed by atoms with Crippen molar-refractivity contribution < 1.29 is 36.2 Å². The predicted octanol–water partition coefficient (Wildman–Crippen LogP) is 5.69. The van der Waals surface area contributed by atoms with E-state index in [2.05, 4.69) is 4.85 Å². The van der Waals surface area contributed by atoms with Gasteiger partial charge in [-0.25, -0.2) is 13.6 Å². The molecule has 2 aliphatic rings. The number of hydrogen-bond acceptors (Lipinski definition) is 2. The van der Waals surface area contributed by atoms with Crippen LogP contribution in [-0.4, -0.2) is 11.0 Å². The van der Waals surface area contributed by atoms with Crippen molar-refractivity contribution >= 4 is 5.69 Å². The molecule has 0 radical (unpaired) electrons. The van der Waals surface area contributed by atoms with E-state index in [4.69, 9.17) is 11.3 Å². The van der Waals surface area contributed by atoms with Gasteiger partial charge in [0, 0.05) is 29.2 Å². The number of benzene rings is 2. The average molecular weight is 399 g/mol. The molecule has 4 rings (SSSR count). The van der Waals surface area contributed by atoms with Gasteiger partial charge in [0.2, 0.25) is 0 Å². The molecule has 2 atom stereocenters. The molecule has 0 saturated heterocycles. The van der Waals surface area contributed by atoms with Crippen LogP contribution in [0.15, 0.2) is 30.3 Å². The van der Waals surface area contributed by atoms with Gasteiger partial charge in [-0.1, -0.05) is 0 Å². The number of alkyl halides is 5. The molecule has 146 valence electrons. The second-order valence-electron chi connectivity index (χ2n) is 7.10. The number of ether oxygens (including phenoxy) is 1. The van der Waals surface area contributed by atoms with Gasteiger partial charge < -0.3 is 9.84 Å². The van der Waals surface area contributed by atoms with Crippen LogP contribution in [0.3, 0.4) is 0 Å². The Kier molecular flexibility index (Phi) is 3.46. The molecule has 0 amide bonds. The average Bonchev–Trinajstić information content (AvgIpc) is 2.87. The second kappa shape index (κ2) is 5.20. The molecule has 0 heterocycles. The molecule has 2 aromatic rings. The van der Waals surface area contributed by atoms with Crippen molar-refractivity contribution in [3.05, 3.63) is 64.3 Å². The molecule has 0 spiro atoms. The maximum Gasteiger partial charge on any atom is 0.346 e. The van der Waals surface area contributed by atoms with E-state index in [0.29, 0.717) is 6.07 Å². The van der Waals surface area contributed by atoms with Crippen molar-refractivity contribution in [3.8, 4) is 11.5 Å². The molecule has 0 fully saturated rings. The van der Waals surface area contributed by atoms with Gasteiger partial charge in [0.25, 0.3) is 0 Å². The van der Waals surface area contributed by atoms with E-state index < -0.39 is 57.8 Å². The minimum atomic E-state index is -4.92. The van der Waals surface area contributed by atoms with Crippen LogP contribution in [0.25, 0.3) is 4.85 Å². The molecule has 2 aromatic carbocycles. The zero-order chi connectivity index (χ0) is 20.7. The Labute approximate surface area is 155 Å². The number of rotatable bonds is 2. The van der Waals surface area contributed by atoms with Crippen molar-refractivity contribution in [2.45, 2.75) is 36.5 Å². The first-order valence-electron chi connectivity index (χ1n) is 8.06. The van der Waals surface area contributed by atoms with E-state index in [9.17, 15) is 27.1 Å². The zero-order valence-corrected chi connectivity index (χ0v) is 14.2. The summed E-state index contributed by atoms with van der Waals surface area (Å²) in [4.78, 5) is 3.04. The summed E-state index contributed by atoms with van der Waals surface area (Å²) >= 11 is 0. The summed E-state index contributed by atoms with van der Waals surface area (Å²) < 4.78 is 91.3. The van der Waals surface area contributed by atoms with Crippen LogP contribution in [0, 0.1) is 12.4 Å². The smallest absolute Gasteiger partial charge is 0.346 e. The van der Waals surface area contributed by atoms with Crippen molar-refractivity contribution in [3.63, 3.8) is 0 Å². The predicted molar refractivity (Wildman–Crippen MR) is 85.0 cm³/mol. The van der Waals surface area contributed by atoms with E-state index in [1.54, 1.807) is 0 Å². The Morgan fingerprint density at radius 1 is 1.07 bits per heavy atom. The van der Waals surface area contributed by atoms with Gasteiger partial charge in [0.15, 0.2) is 11.3 Å². The summed E-state index contributed by atoms with van der Waals surface area (Å²) in [5.41, 5.74) is -8.88. The molecule has 3 nitrogen and oxygen atoms in total. The fraction of sp³-hybridized carbons (Fsp3) is 0.316. The van der Waals surface area contributed by atoms with Crippen LogP contribution in [0.5, 0.6) is 11.5 Å². The third kappa shape index (κ3) is 2.09. The first-order valence-corrected chi connectivity index (χ1v) is 8.06. The number of hydrogen-bond donors (Lipinski definition) is 1. The summed E-state index contributed by atoms with van der Waals surface area (Å²) in [6, 6.07) is 4.41. The van der Waals surface area contributed by atoms with E-state index >= 15 is 4.39 Å². The fourth-order valence-corrected chi connectivity index (χ4v) is 4.03. The lowest BCUT2D eigenvalue weighted by molar-refractivity contribution is -0.290. The molecular weight excluding hydrogens is 388 g/mol. The van der Waals surface area contributed by atoms with Crippen molar-refractivity contribution in [1.29, 1.82) is 0 Å². The van der Waals surface area contributed by atoms with Crippen molar-refractivity contribution in [2.24, 2.45) is 0 Å². The third-order valence-electron chi connectivity index (χ3n) is 5.15. The molecule has 2 aliphatic carbocycles. The topological polar surface area (TPSA) is 33.8 Å². The molecule has 9 heteroatoms. The van der Waals surface area contributed by atoms with Crippen LogP contribution >= 0.6 is 0 Å². The lowest BCUT2D eigenvalue weighted by Gasteiger charge is -2.31. The van der Waals surface area contributed by atoms with Gasteiger partial charge in [-0.15, -0.1) is 0 Å². The van der Waals surface area contributed by atoms with Crippen LogP contribution in [0.1, 0.15) is 30.0 Å². The largest absolute Gasteiger partial charge is 0.458 e. The van der Waals surface area contributed by atoms with E-state index in [1.807, 2.05) is 0 Å². The highest BCUT2D eigenvalue weighted by Gasteiger charge is 2.80. The Balaban J connectivity index is 1.93. The lowest BCUT2D eigenvalue weighted by Crippen LogP contribution is -2.49. The minimum absolute atomic E-state index is 0.134. The van der Waals surface area contributed by atoms with Crippen molar-refractivity contribution in [1.82, 2.24) is 0 Å². The standard InChI is InChI=1S/C19H11F6NO2/c1-16(21)8-17(27)14-12(18(22,23)19(17,24)25)3-4-13(15(14)16)28-11-6-9(20)5-10(7-11)26-2/h3-7,27H,8H2,1H3. The maximum atomic E-state index is 15.2. The van der Waals surface area contributed by atoms with E-state index in [0.717, 1.165) is 31.2 Å². The van der Waals surface area contributed by atoms with Crippen LogP contribution < -0.4 is 4.74 Å². The molecular formula is C19H11F6NO2. The number of aliphatic hydroxyl groups is 1. The van der Waals surface area contributed by atoms with Crippen LogP contribution in [-0.2, 0) is 17.2 Å². The minimum Gasteiger partial charge on any atom is -0.458 e. The van der Waals surface area contributed by atoms with E-state index in [1.165, 1.54) is 0 Å². The lowest BCUT2D eigenvalue weighted by atomic mass is 9.91. The molecule has 0 aromatic heterocycles. The van der Waals surface area contributed by atoms with Gasteiger partial charge >= 0.3 is 11.8 Å². The third-order valence-corrected chi connectivity index (χ3v) is 5.15. The molecule has 1 N–H and O–H groups in total. The maximum absolute atomic E-state index is 15.2. The zero-order valence-electron chi connectivity index (χ0n) is 14.2. The van der Waals surface area contributed by atoms with Gasteiger partial charge in [0.1, 0.15) is 23.0 Å². The Morgan fingerprint density at radius 3 is 2.39 bits per heavy atom. The normalized spacial score (nSPS) is 28.7. The van der Waals surface area contributed by atoms with Gasteiger partial charge in [-0.3, -0.25) is 0 Å². The summed E-state index contributed by atoms with van der Waals surface area (Å²) in [7, 11) is 0. The molecule has 0 aliphatic heterocycles. The molecule has 0 saturated carbocycles. The van der Waals surface area contributed by atoms with Crippen LogP contribution in [0.4, 0.5) is 32.0 Å². The van der Waals surface area contributed by atoms with Gasteiger partial charge in [-0.2, -0.15) is 17.6 Å². The molecule has 0 bridgehead atoms. The summed E-state index contributed by atoms with van der Waals surface area (Å²) in [5.74, 6) is -11.1. The quantitative estimate of drug-likeness (QED) is 0.520. The Bertz CT molecular complexity index is 1060. The monoisotopic (exact) mass is 399 g/mol. The second-order valence-corrected chi connectivity index (χ2v) is 7.10. The summed E-state index contributed by atoms with van der Waals surface area (Å²) in [6.45, 7) is 7.79. The fourth-order valence-electron chi connectivity index (χ4n) is 4.03. The molecule has 2 unspecified atom stereocenters. The highest BCUT2D eigenvalue weighted by molar-refractivity contribution is 5.62. The number of nitrogens with zero attached hydrogens (tertiary/aromatic N) is 1. The number of halogens is 6. The van der Waals surface area contributed by atoms with E-state index in [-0.39, 0.29) is 11.4 Å². The van der Waals surface area contributed by atoms with Gasteiger partial charge in [0.05, 0.1) is 6.57 Å². The van der Waals surface area contributed by atoms with Crippen LogP contribution in [0.2, 0.25) is 0 Å². The van der Waals surface area contributed by atoms with Crippen molar-refractivity contribution in [2.75, 3.05) is 0 Å². The SMILES string of the molecule is [C-]#[N+]c1cc(F)cc(Oc2ccc3c4c2C(C)(F)CC4(O)C(F)(F)C3(F)F)c1. The Hall–Kier alpha value is -2.73. The first-order chi connectivity index (χ1) is 12.8. The van der Waals surface area contributed by atoms with Gasteiger partial charge in [-0.05, 0) is 31.2 Å². The summed E-state index contributed by atoms with van der Waals surface area (Å²) in [5, 5.41) is 10.4. The molecule has 28 heavy (non-hydrogen) atoms.